The highest BCUT2D eigenvalue weighted by Gasteiger charge is 2.22. The van der Waals surface area contributed by atoms with E-state index >= 15 is 0 Å². The maximum absolute atomic E-state index is 12.2. The topological polar surface area (TPSA) is 103 Å². The van der Waals surface area contributed by atoms with Crippen molar-refractivity contribution in [3.8, 4) is 5.75 Å². The Bertz CT molecular complexity index is 1030. The molecule has 1 unspecified atom stereocenters. The molecular formula is C27H36N2O6. The molecule has 190 valence electrons. The van der Waals surface area contributed by atoms with Crippen LogP contribution in [0.4, 0.5) is 9.59 Å². The van der Waals surface area contributed by atoms with Gasteiger partial charge < -0.3 is 24.8 Å². The molecule has 0 aromatic heterocycles. The number of fused-ring (bicyclic) bond motifs is 1. The lowest BCUT2D eigenvalue weighted by Gasteiger charge is -2.28. The lowest BCUT2D eigenvalue weighted by atomic mass is 9.80. The van der Waals surface area contributed by atoms with Gasteiger partial charge in [0.15, 0.2) is 0 Å². The summed E-state index contributed by atoms with van der Waals surface area (Å²) in [7, 11) is 0. The highest BCUT2D eigenvalue weighted by Crippen LogP contribution is 2.28. The Labute approximate surface area is 207 Å². The number of hydrogen-bond acceptors (Lipinski definition) is 6. The van der Waals surface area contributed by atoms with Gasteiger partial charge in [0.1, 0.15) is 19.0 Å². The predicted octanol–water partition coefficient (Wildman–Crippen LogP) is 5.22. The first kappa shape index (κ1) is 27.7. The standard InChI is InChI=1S/C27H36N2O6/c1-19(2)24(30)33-14-15-34-25(31)29-18-20(3)17-27(4,5)12-13-28-26(32)35-23-11-10-21-8-6-7-9-22(21)16-23/h6-11,16,20H,1,12-15,17-18H2,2-5H3,(H,28,32)(H,29,31). The van der Waals surface area contributed by atoms with Crippen molar-refractivity contribution in [1.82, 2.24) is 10.6 Å². The van der Waals surface area contributed by atoms with E-state index in [1.807, 2.05) is 43.3 Å². The van der Waals surface area contributed by atoms with E-state index in [1.165, 1.54) is 0 Å². The number of rotatable bonds is 12. The maximum Gasteiger partial charge on any atom is 0.412 e. The zero-order chi connectivity index (χ0) is 25.8. The summed E-state index contributed by atoms with van der Waals surface area (Å²) in [6, 6.07) is 13.4. The summed E-state index contributed by atoms with van der Waals surface area (Å²) in [5.41, 5.74) is 0.237. The van der Waals surface area contributed by atoms with Gasteiger partial charge in [-0.2, -0.15) is 0 Å². The van der Waals surface area contributed by atoms with Crippen molar-refractivity contribution in [3.05, 3.63) is 54.6 Å². The van der Waals surface area contributed by atoms with E-state index in [4.69, 9.17) is 14.2 Å². The van der Waals surface area contributed by atoms with Crippen molar-refractivity contribution < 1.29 is 28.6 Å². The molecule has 0 aliphatic carbocycles. The molecule has 0 radical (unpaired) electrons. The molecule has 0 spiro atoms. The summed E-state index contributed by atoms with van der Waals surface area (Å²) in [5, 5.41) is 7.63. The number of esters is 1. The Morgan fingerprint density at radius 2 is 1.66 bits per heavy atom. The number of alkyl carbamates (subject to hydrolysis) is 1. The fourth-order valence-electron chi connectivity index (χ4n) is 3.70. The lowest BCUT2D eigenvalue weighted by molar-refractivity contribution is -0.139. The van der Waals surface area contributed by atoms with Crippen LogP contribution in [0.25, 0.3) is 10.8 Å². The third-order valence-corrected chi connectivity index (χ3v) is 5.40. The van der Waals surface area contributed by atoms with Gasteiger partial charge in [0.05, 0.1) is 0 Å². The average molecular weight is 485 g/mol. The zero-order valence-electron chi connectivity index (χ0n) is 21.0. The highest BCUT2D eigenvalue weighted by molar-refractivity contribution is 5.87. The summed E-state index contributed by atoms with van der Waals surface area (Å²) >= 11 is 0. The van der Waals surface area contributed by atoms with Gasteiger partial charge in [-0.15, -0.1) is 0 Å². The Kier molecular flexibility index (Phi) is 10.6. The first-order valence-corrected chi connectivity index (χ1v) is 11.7. The fourth-order valence-corrected chi connectivity index (χ4v) is 3.70. The van der Waals surface area contributed by atoms with Gasteiger partial charge in [-0.1, -0.05) is 57.7 Å². The van der Waals surface area contributed by atoms with E-state index < -0.39 is 18.2 Å². The molecule has 8 nitrogen and oxygen atoms in total. The van der Waals surface area contributed by atoms with Crippen molar-refractivity contribution in [2.45, 2.75) is 40.5 Å². The molecule has 2 aromatic carbocycles. The average Bonchev–Trinajstić information content (AvgIpc) is 2.79. The van der Waals surface area contributed by atoms with E-state index in [1.54, 1.807) is 13.0 Å². The molecule has 0 fully saturated rings. The molecule has 35 heavy (non-hydrogen) atoms. The molecule has 0 saturated carbocycles. The largest absolute Gasteiger partial charge is 0.459 e. The van der Waals surface area contributed by atoms with Crippen LogP contribution in [-0.2, 0) is 14.3 Å². The number of ether oxygens (including phenoxy) is 3. The van der Waals surface area contributed by atoms with Gasteiger partial charge in [0.25, 0.3) is 0 Å². The molecule has 2 N–H and O–H groups in total. The molecule has 0 saturated heterocycles. The smallest absolute Gasteiger partial charge is 0.412 e. The summed E-state index contributed by atoms with van der Waals surface area (Å²) < 4.78 is 15.3. The third kappa shape index (κ3) is 10.5. The lowest BCUT2D eigenvalue weighted by Crippen LogP contribution is -2.33. The Morgan fingerprint density at radius 1 is 0.971 bits per heavy atom. The van der Waals surface area contributed by atoms with Crippen LogP contribution in [-0.4, -0.2) is 44.5 Å². The second kappa shape index (κ2) is 13.4. The normalized spacial score (nSPS) is 11.9. The number of amides is 2. The van der Waals surface area contributed by atoms with Crippen LogP contribution >= 0.6 is 0 Å². The number of nitrogens with one attached hydrogen (secondary N) is 2. The van der Waals surface area contributed by atoms with E-state index in [0.29, 0.717) is 24.4 Å². The minimum atomic E-state index is -0.556. The minimum absolute atomic E-state index is 0.0159. The molecule has 8 heteroatoms. The maximum atomic E-state index is 12.2. The zero-order valence-corrected chi connectivity index (χ0v) is 21.0. The van der Waals surface area contributed by atoms with Gasteiger partial charge in [-0.05, 0) is 54.0 Å². The second-order valence-corrected chi connectivity index (χ2v) is 9.48. The fraction of sp³-hybridized carbons (Fsp3) is 0.444. The Balaban J connectivity index is 1.63. The summed E-state index contributed by atoms with van der Waals surface area (Å²) in [5.74, 6) is 0.186. The van der Waals surface area contributed by atoms with Crippen LogP contribution in [0.15, 0.2) is 54.6 Å². The van der Waals surface area contributed by atoms with Gasteiger partial charge in [0.2, 0.25) is 0 Å². The van der Waals surface area contributed by atoms with Crippen molar-refractivity contribution in [2.75, 3.05) is 26.3 Å². The van der Waals surface area contributed by atoms with E-state index in [9.17, 15) is 14.4 Å². The van der Waals surface area contributed by atoms with E-state index in [2.05, 4.69) is 31.1 Å². The molecule has 1 atom stereocenters. The van der Waals surface area contributed by atoms with Crippen LogP contribution in [0, 0.1) is 11.3 Å². The second-order valence-electron chi connectivity index (χ2n) is 9.48. The van der Waals surface area contributed by atoms with E-state index in [-0.39, 0.29) is 24.5 Å². The summed E-state index contributed by atoms with van der Waals surface area (Å²) in [4.78, 5) is 35.3. The van der Waals surface area contributed by atoms with Crippen molar-refractivity contribution >= 4 is 28.9 Å². The SMILES string of the molecule is C=C(C)C(=O)OCCOC(=O)NCC(C)CC(C)(C)CCNC(=O)Oc1ccc2ccccc2c1. The van der Waals surface area contributed by atoms with Gasteiger partial charge >= 0.3 is 18.2 Å². The van der Waals surface area contributed by atoms with E-state index in [0.717, 1.165) is 23.6 Å². The summed E-state index contributed by atoms with van der Waals surface area (Å²) in [6.07, 6.45) is 0.551. The van der Waals surface area contributed by atoms with Crippen molar-refractivity contribution in [2.24, 2.45) is 11.3 Å². The molecule has 0 bridgehead atoms. The molecule has 2 amide bonds. The number of benzene rings is 2. The molecule has 0 heterocycles. The number of hydrogen-bond donors (Lipinski definition) is 2. The molecule has 2 rings (SSSR count). The Morgan fingerprint density at radius 3 is 2.37 bits per heavy atom. The van der Waals surface area contributed by atoms with Crippen molar-refractivity contribution in [1.29, 1.82) is 0 Å². The molecular weight excluding hydrogens is 448 g/mol. The summed E-state index contributed by atoms with van der Waals surface area (Å²) in [6.45, 7) is 12.2. The minimum Gasteiger partial charge on any atom is -0.459 e. The first-order valence-electron chi connectivity index (χ1n) is 11.7. The first-order chi connectivity index (χ1) is 16.6. The highest BCUT2D eigenvalue weighted by atomic mass is 16.6. The molecule has 0 aliphatic heterocycles. The van der Waals surface area contributed by atoms with Crippen molar-refractivity contribution in [3.63, 3.8) is 0 Å². The molecule has 2 aromatic rings. The van der Waals surface area contributed by atoms with Crippen LogP contribution in [0.2, 0.25) is 0 Å². The van der Waals surface area contributed by atoms with Gasteiger partial charge in [-0.25, -0.2) is 14.4 Å². The van der Waals surface area contributed by atoms with Gasteiger partial charge in [0, 0.05) is 18.7 Å². The monoisotopic (exact) mass is 484 g/mol. The molecule has 0 aliphatic rings. The third-order valence-electron chi connectivity index (χ3n) is 5.40. The Hall–Kier alpha value is -3.55. The van der Waals surface area contributed by atoms with Gasteiger partial charge in [-0.3, -0.25) is 0 Å². The predicted molar refractivity (Wildman–Crippen MR) is 135 cm³/mol. The van der Waals surface area contributed by atoms with Crippen LogP contribution in [0.3, 0.4) is 0 Å². The van der Waals surface area contributed by atoms with Crippen LogP contribution in [0.5, 0.6) is 5.75 Å². The number of carbonyl (C=O) groups excluding carboxylic acids is 3. The number of carbonyl (C=O) groups is 3. The quantitative estimate of drug-likeness (QED) is 0.243. The van der Waals surface area contributed by atoms with Crippen LogP contribution in [0.1, 0.15) is 40.5 Å². The van der Waals surface area contributed by atoms with Crippen LogP contribution < -0.4 is 15.4 Å².